The van der Waals surface area contributed by atoms with Crippen LogP contribution in [0.3, 0.4) is 0 Å². The highest BCUT2D eigenvalue weighted by molar-refractivity contribution is 5.16. The summed E-state index contributed by atoms with van der Waals surface area (Å²) in [6.07, 6.45) is 1.98. The van der Waals surface area contributed by atoms with Crippen molar-refractivity contribution in [3.8, 4) is 0 Å². The van der Waals surface area contributed by atoms with Gasteiger partial charge in [-0.1, -0.05) is 32.9 Å². The Balaban J connectivity index is 1.67. The van der Waals surface area contributed by atoms with Gasteiger partial charge in [-0.05, 0) is 36.6 Å². The van der Waals surface area contributed by atoms with Crippen LogP contribution in [0.4, 0.5) is 4.39 Å². The van der Waals surface area contributed by atoms with Gasteiger partial charge in [0.05, 0.1) is 6.54 Å². The summed E-state index contributed by atoms with van der Waals surface area (Å²) in [5, 5.41) is 7.32. The third kappa shape index (κ3) is 4.89. The lowest BCUT2D eigenvalue weighted by atomic mass is 10.0. The van der Waals surface area contributed by atoms with E-state index in [1.165, 1.54) is 5.56 Å². The van der Waals surface area contributed by atoms with E-state index in [2.05, 4.69) is 45.8 Å². The molecule has 5 nitrogen and oxygen atoms in total. The molecule has 1 N–H and O–H groups in total. The third-order valence-corrected chi connectivity index (χ3v) is 5.17. The fourth-order valence-electron chi connectivity index (χ4n) is 3.71. The molecule has 0 bridgehead atoms. The second-order valence-corrected chi connectivity index (χ2v) is 7.55. The van der Waals surface area contributed by atoms with Crippen LogP contribution in [0.15, 0.2) is 24.3 Å². The second kappa shape index (κ2) is 8.73. The number of hydrogen-bond acceptors (Lipinski definition) is 4. The standard InChI is InChI=1S/C20H30FN5/c1-4-19-22-20(24-23-19)14-25-10-5-11-26(18(13-25)15(2)3)12-16-6-8-17(21)9-7-16/h6-9,15,18H,4-5,10-14H2,1-3H3,(H,22,23,24)/t18-/m0/s1. The highest BCUT2D eigenvalue weighted by atomic mass is 19.1. The number of aromatic nitrogens is 3. The number of hydrogen-bond donors (Lipinski definition) is 1. The predicted octanol–water partition coefficient (Wildman–Crippen LogP) is 3.24. The Hall–Kier alpha value is -1.79. The molecule has 0 spiro atoms. The fraction of sp³-hybridized carbons (Fsp3) is 0.600. The van der Waals surface area contributed by atoms with Crippen molar-refractivity contribution in [1.82, 2.24) is 25.0 Å². The minimum atomic E-state index is -0.172. The van der Waals surface area contributed by atoms with Gasteiger partial charge in [-0.2, -0.15) is 5.10 Å². The van der Waals surface area contributed by atoms with Crippen molar-refractivity contribution in [3.63, 3.8) is 0 Å². The molecular formula is C20H30FN5. The monoisotopic (exact) mass is 359 g/mol. The summed E-state index contributed by atoms with van der Waals surface area (Å²) in [6, 6.07) is 7.38. The van der Waals surface area contributed by atoms with Crippen LogP contribution in [0.1, 0.15) is 44.4 Å². The number of halogens is 1. The van der Waals surface area contributed by atoms with Crippen LogP contribution in [0, 0.1) is 11.7 Å². The average Bonchev–Trinajstić information content (AvgIpc) is 2.98. The molecule has 1 aromatic carbocycles. The van der Waals surface area contributed by atoms with Gasteiger partial charge in [0.15, 0.2) is 0 Å². The Morgan fingerprint density at radius 3 is 2.62 bits per heavy atom. The number of aromatic amines is 1. The quantitative estimate of drug-likeness (QED) is 0.860. The van der Waals surface area contributed by atoms with Crippen LogP contribution in [0.25, 0.3) is 0 Å². The molecule has 2 heterocycles. The molecule has 142 valence electrons. The van der Waals surface area contributed by atoms with Crippen molar-refractivity contribution < 1.29 is 4.39 Å². The molecule has 1 atom stereocenters. The van der Waals surface area contributed by atoms with E-state index in [0.29, 0.717) is 12.0 Å². The van der Waals surface area contributed by atoms with E-state index in [4.69, 9.17) is 0 Å². The van der Waals surface area contributed by atoms with Gasteiger partial charge in [0.25, 0.3) is 0 Å². The number of nitrogens with one attached hydrogen (secondary N) is 1. The van der Waals surface area contributed by atoms with Crippen molar-refractivity contribution in [2.45, 2.75) is 52.7 Å². The molecule has 1 aromatic heterocycles. The van der Waals surface area contributed by atoms with E-state index in [1.54, 1.807) is 12.1 Å². The van der Waals surface area contributed by atoms with Gasteiger partial charge in [-0.25, -0.2) is 9.37 Å². The molecule has 1 aliphatic heterocycles. The van der Waals surface area contributed by atoms with Crippen LogP contribution in [-0.4, -0.2) is 50.7 Å². The molecule has 1 fully saturated rings. The zero-order chi connectivity index (χ0) is 18.5. The Kier molecular flexibility index (Phi) is 6.38. The highest BCUT2D eigenvalue weighted by Gasteiger charge is 2.27. The van der Waals surface area contributed by atoms with Crippen LogP contribution >= 0.6 is 0 Å². The summed E-state index contributed by atoms with van der Waals surface area (Å²) in [7, 11) is 0. The summed E-state index contributed by atoms with van der Waals surface area (Å²) in [4.78, 5) is 9.59. The number of nitrogens with zero attached hydrogens (tertiary/aromatic N) is 4. The van der Waals surface area contributed by atoms with Crippen LogP contribution in [-0.2, 0) is 19.5 Å². The molecule has 0 amide bonds. The number of benzene rings is 1. The first-order valence-electron chi connectivity index (χ1n) is 9.66. The van der Waals surface area contributed by atoms with E-state index in [1.807, 2.05) is 12.1 Å². The van der Waals surface area contributed by atoms with E-state index >= 15 is 0 Å². The van der Waals surface area contributed by atoms with Gasteiger partial charge < -0.3 is 0 Å². The largest absolute Gasteiger partial charge is 0.295 e. The Bertz CT molecular complexity index is 682. The van der Waals surface area contributed by atoms with E-state index in [9.17, 15) is 4.39 Å². The maximum Gasteiger partial charge on any atom is 0.150 e. The van der Waals surface area contributed by atoms with Gasteiger partial charge in [-0.15, -0.1) is 0 Å². The van der Waals surface area contributed by atoms with Crippen molar-refractivity contribution in [2.24, 2.45) is 5.92 Å². The zero-order valence-electron chi connectivity index (χ0n) is 16.1. The normalized spacial score (nSPS) is 19.8. The molecule has 26 heavy (non-hydrogen) atoms. The summed E-state index contributed by atoms with van der Waals surface area (Å²) in [6.45, 7) is 11.5. The van der Waals surface area contributed by atoms with Crippen LogP contribution in [0.5, 0.6) is 0 Å². The topological polar surface area (TPSA) is 48.1 Å². The minimum Gasteiger partial charge on any atom is -0.295 e. The molecule has 0 unspecified atom stereocenters. The van der Waals surface area contributed by atoms with Crippen LogP contribution in [0.2, 0.25) is 0 Å². The minimum absolute atomic E-state index is 0.172. The van der Waals surface area contributed by atoms with Crippen molar-refractivity contribution in [3.05, 3.63) is 47.3 Å². The summed E-state index contributed by atoms with van der Waals surface area (Å²) in [5.41, 5.74) is 1.17. The van der Waals surface area contributed by atoms with Crippen LogP contribution < -0.4 is 0 Å². The Morgan fingerprint density at radius 2 is 1.96 bits per heavy atom. The maximum atomic E-state index is 13.2. The smallest absolute Gasteiger partial charge is 0.150 e. The van der Waals surface area contributed by atoms with Gasteiger partial charge in [0.2, 0.25) is 0 Å². The molecule has 3 rings (SSSR count). The molecule has 0 saturated carbocycles. The highest BCUT2D eigenvalue weighted by Crippen LogP contribution is 2.21. The van der Waals surface area contributed by atoms with Crippen molar-refractivity contribution >= 4 is 0 Å². The van der Waals surface area contributed by atoms with Crippen molar-refractivity contribution in [1.29, 1.82) is 0 Å². The number of aryl methyl sites for hydroxylation is 1. The molecule has 6 heteroatoms. The Labute approximate surface area is 155 Å². The first-order valence-corrected chi connectivity index (χ1v) is 9.66. The SMILES string of the molecule is CCc1n[nH]c(CN2CCCN(Cc3ccc(F)cc3)[C@H](C(C)C)C2)n1. The second-order valence-electron chi connectivity index (χ2n) is 7.55. The number of H-pyrrole nitrogens is 1. The molecular weight excluding hydrogens is 329 g/mol. The summed E-state index contributed by atoms with van der Waals surface area (Å²) in [5.74, 6) is 2.22. The predicted molar refractivity (Wildman–Crippen MR) is 101 cm³/mol. The number of rotatable bonds is 6. The molecule has 0 aliphatic carbocycles. The Morgan fingerprint density at radius 1 is 1.19 bits per heavy atom. The molecule has 0 radical (unpaired) electrons. The van der Waals surface area contributed by atoms with Gasteiger partial charge >= 0.3 is 0 Å². The zero-order valence-corrected chi connectivity index (χ0v) is 16.1. The van der Waals surface area contributed by atoms with E-state index in [-0.39, 0.29) is 5.82 Å². The first kappa shape index (κ1) is 19.0. The van der Waals surface area contributed by atoms with Crippen molar-refractivity contribution in [2.75, 3.05) is 19.6 Å². The van der Waals surface area contributed by atoms with Gasteiger partial charge in [0, 0.05) is 32.1 Å². The molecule has 2 aromatic rings. The lowest BCUT2D eigenvalue weighted by Gasteiger charge is -2.34. The average molecular weight is 359 g/mol. The summed E-state index contributed by atoms with van der Waals surface area (Å²) < 4.78 is 13.2. The molecule has 1 saturated heterocycles. The van der Waals surface area contributed by atoms with E-state index < -0.39 is 0 Å². The first-order chi connectivity index (χ1) is 12.5. The lowest BCUT2D eigenvalue weighted by molar-refractivity contribution is 0.129. The van der Waals surface area contributed by atoms with Gasteiger partial charge in [0.1, 0.15) is 17.5 Å². The lowest BCUT2D eigenvalue weighted by Crippen LogP contribution is -2.44. The molecule has 1 aliphatic rings. The fourth-order valence-corrected chi connectivity index (χ4v) is 3.71. The maximum absolute atomic E-state index is 13.2. The third-order valence-electron chi connectivity index (χ3n) is 5.17. The summed E-state index contributed by atoms with van der Waals surface area (Å²) >= 11 is 0. The van der Waals surface area contributed by atoms with E-state index in [0.717, 1.165) is 57.2 Å². The van der Waals surface area contributed by atoms with Gasteiger partial charge in [-0.3, -0.25) is 14.9 Å².